The van der Waals surface area contributed by atoms with Crippen molar-refractivity contribution in [3.8, 4) is 0 Å². The van der Waals surface area contributed by atoms with Crippen LogP contribution < -0.4 is 0 Å². The van der Waals surface area contributed by atoms with E-state index in [-0.39, 0.29) is 24.1 Å². The molecule has 1 heterocycles. The fourth-order valence-corrected chi connectivity index (χ4v) is 3.18. The summed E-state index contributed by atoms with van der Waals surface area (Å²) in [5.74, 6) is 0.585. The van der Waals surface area contributed by atoms with Crippen LogP contribution in [0.25, 0.3) is 0 Å². The highest BCUT2D eigenvalue weighted by molar-refractivity contribution is 5.69. The smallest absolute Gasteiger partial charge is 0.308 e. The average molecular weight is 312 g/mol. The number of methoxy groups -OCH3 is 1. The molecular weight excluding hydrogens is 280 g/mol. The summed E-state index contributed by atoms with van der Waals surface area (Å²) in [6.07, 6.45) is 9.57. The van der Waals surface area contributed by atoms with Gasteiger partial charge in [0.1, 0.15) is 11.7 Å². The maximum atomic E-state index is 11.5. The quantitative estimate of drug-likeness (QED) is 0.378. The van der Waals surface area contributed by atoms with E-state index >= 15 is 0 Å². The van der Waals surface area contributed by atoms with E-state index in [0.717, 1.165) is 32.1 Å². The minimum atomic E-state index is -0.286. The fourth-order valence-electron chi connectivity index (χ4n) is 3.18. The Labute approximate surface area is 135 Å². The third kappa shape index (κ3) is 5.73. The van der Waals surface area contributed by atoms with E-state index in [1.165, 1.54) is 7.11 Å². The lowest BCUT2D eigenvalue weighted by Crippen LogP contribution is -2.45. The Morgan fingerprint density at radius 2 is 2.14 bits per heavy atom. The standard InChI is InChI=1S/C18H32O4/c1-6-9-10-14(7-2)12-18(4)13-15(8-3)16(21-22-18)11-17(19)20-5/h9-10,14-16H,6-8,11-13H2,1-5H3/b10-9+/t14-,15+,16-,18-/m0/s1. The summed E-state index contributed by atoms with van der Waals surface area (Å²) >= 11 is 0. The first kappa shape index (κ1) is 19.2. The molecule has 0 N–H and O–H groups in total. The van der Waals surface area contributed by atoms with Gasteiger partial charge < -0.3 is 4.74 Å². The van der Waals surface area contributed by atoms with E-state index < -0.39 is 0 Å². The highest BCUT2D eigenvalue weighted by atomic mass is 17.2. The van der Waals surface area contributed by atoms with E-state index in [9.17, 15) is 4.79 Å². The second-order valence-electron chi connectivity index (χ2n) is 6.53. The van der Waals surface area contributed by atoms with Crippen molar-refractivity contribution in [3.05, 3.63) is 12.2 Å². The van der Waals surface area contributed by atoms with Gasteiger partial charge in [-0.05, 0) is 44.4 Å². The maximum absolute atomic E-state index is 11.5. The second-order valence-corrected chi connectivity index (χ2v) is 6.53. The Hall–Kier alpha value is -0.870. The number of esters is 1. The monoisotopic (exact) mass is 312 g/mol. The van der Waals surface area contributed by atoms with Crippen molar-refractivity contribution in [2.75, 3.05) is 7.11 Å². The molecule has 0 aliphatic carbocycles. The molecule has 0 aromatic rings. The van der Waals surface area contributed by atoms with Crippen LogP contribution in [-0.4, -0.2) is 24.8 Å². The Morgan fingerprint density at radius 3 is 2.68 bits per heavy atom. The molecule has 4 heteroatoms. The number of allylic oxidation sites excluding steroid dienone is 2. The molecule has 1 aliphatic heterocycles. The largest absolute Gasteiger partial charge is 0.469 e. The Bertz CT molecular complexity index is 366. The van der Waals surface area contributed by atoms with E-state index in [1.54, 1.807) is 0 Å². The van der Waals surface area contributed by atoms with E-state index in [2.05, 4.69) is 39.8 Å². The lowest BCUT2D eigenvalue weighted by molar-refractivity contribution is -0.419. The summed E-state index contributed by atoms with van der Waals surface area (Å²) in [6, 6.07) is 0. The molecular formula is C18H32O4. The van der Waals surface area contributed by atoms with Gasteiger partial charge in [0, 0.05) is 0 Å². The van der Waals surface area contributed by atoms with Crippen LogP contribution in [0.3, 0.4) is 0 Å². The molecule has 128 valence electrons. The zero-order chi connectivity index (χ0) is 16.6. The summed E-state index contributed by atoms with van der Waals surface area (Å²) < 4.78 is 4.74. The number of ether oxygens (including phenoxy) is 1. The van der Waals surface area contributed by atoms with Gasteiger partial charge >= 0.3 is 5.97 Å². The average Bonchev–Trinajstić information content (AvgIpc) is 2.53. The number of rotatable bonds is 8. The fraction of sp³-hybridized carbons (Fsp3) is 0.833. The molecule has 1 aliphatic rings. The van der Waals surface area contributed by atoms with Crippen LogP contribution in [0.5, 0.6) is 0 Å². The summed E-state index contributed by atoms with van der Waals surface area (Å²) in [4.78, 5) is 22.8. The summed E-state index contributed by atoms with van der Waals surface area (Å²) in [5, 5.41) is 0. The topological polar surface area (TPSA) is 44.8 Å². The molecule has 0 unspecified atom stereocenters. The van der Waals surface area contributed by atoms with Gasteiger partial charge in [0.05, 0.1) is 13.5 Å². The summed E-state index contributed by atoms with van der Waals surface area (Å²) in [7, 11) is 1.41. The number of carbonyl (C=O) groups excluding carboxylic acids is 1. The number of carbonyl (C=O) groups is 1. The lowest BCUT2D eigenvalue weighted by Gasteiger charge is -2.42. The molecule has 1 rings (SSSR count). The van der Waals surface area contributed by atoms with Gasteiger partial charge in [0.2, 0.25) is 0 Å². The van der Waals surface area contributed by atoms with Gasteiger partial charge in [-0.3, -0.25) is 4.79 Å². The van der Waals surface area contributed by atoms with Gasteiger partial charge in [0.25, 0.3) is 0 Å². The predicted molar refractivity (Wildman–Crippen MR) is 87.2 cm³/mol. The molecule has 4 nitrogen and oxygen atoms in total. The van der Waals surface area contributed by atoms with Gasteiger partial charge in [-0.2, -0.15) is 0 Å². The molecule has 4 atom stereocenters. The first-order valence-electron chi connectivity index (χ1n) is 8.55. The van der Waals surface area contributed by atoms with Crippen LogP contribution in [0, 0.1) is 11.8 Å². The Morgan fingerprint density at radius 1 is 1.41 bits per heavy atom. The van der Waals surface area contributed by atoms with Crippen molar-refractivity contribution >= 4 is 5.97 Å². The lowest BCUT2D eigenvalue weighted by atomic mass is 9.79. The van der Waals surface area contributed by atoms with Crippen LogP contribution >= 0.6 is 0 Å². The first-order valence-corrected chi connectivity index (χ1v) is 8.55. The third-order valence-electron chi connectivity index (χ3n) is 4.57. The zero-order valence-corrected chi connectivity index (χ0v) is 14.8. The molecule has 0 spiro atoms. The predicted octanol–water partition coefficient (Wildman–Crippen LogP) is 4.44. The van der Waals surface area contributed by atoms with E-state index in [1.807, 2.05) is 0 Å². The van der Waals surface area contributed by atoms with Gasteiger partial charge in [0.15, 0.2) is 0 Å². The Kier molecular flexibility index (Phi) is 8.12. The van der Waals surface area contributed by atoms with Crippen molar-refractivity contribution < 1.29 is 19.3 Å². The molecule has 22 heavy (non-hydrogen) atoms. The Balaban J connectivity index is 2.66. The van der Waals surface area contributed by atoms with Crippen molar-refractivity contribution in [1.29, 1.82) is 0 Å². The van der Waals surface area contributed by atoms with Crippen LogP contribution in [0.4, 0.5) is 0 Å². The van der Waals surface area contributed by atoms with Gasteiger partial charge in [-0.15, -0.1) is 0 Å². The zero-order valence-electron chi connectivity index (χ0n) is 14.8. The number of hydrogen-bond donors (Lipinski definition) is 0. The normalized spacial score (nSPS) is 30.4. The molecule has 0 bridgehead atoms. The molecule has 0 aromatic carbocycles. The summed E-state index contributed by atoms with van der Waals surface area (Å²) in [6.45, 7) is 8.61. The summed E-state index contributed by atoms with van der Waals surface area (Å²) in [5.41, 5.74) is -0.286. The van der Waals surface area contributed by atoms with E-state index in [4.69, 9.17) is 14.5 Å². The minimum absolute atomic E-state index is 0.197. The first-order chi connectivity index (χ1) is 10.5. The van der Waals surface area contributed by atoms with Crippen LogP contribution in [0.2, 0.25) is 0 Å². The number of hydrogen-bond acceptors (Lipinski definition) is 4. The molecule has 0 saturated carbocycles. The van der Waals surface area contributed by atoms with Crippen molar-refractivity contribution in [2.24, 2.45) is 11.8 Å². The molecule has 1 fully saturated rings. The van der Waals surface area contributed by atoms with Crippen LogP contribution in [-0.2, 0) is 19.3 Å². The van der Waals surface area contributed by atoms with Crippen molar-refractivity contribution in [3.63, 3.8) is 0 Å². The van der Waals surface area contributed by atoms with Crippen molar-refractivity contribution in [1.82, 2.24) is 0 Å². The highest BCUT2D eigenvalue weighted by Gasteiger charge is 2.41. The van der Waals surface area contributed by atoms with Crippen molar-refractivity contribution in [2.45, 2.75) is 77.9 Å². The highest BCUT2D eigenvalue weighted by Crippen LogP contribution is 2.39. The second kappa shape index (κ2) is 9.31. The van der Waals surface area contributed by atoms with Gasteiger partial charge in [-0.1, -0.05) is 39.3 Å². The third-order valence-corrected chi connectivity index (χ3v) is 4.57. The molecule has 0 aromatic heterocycles. The van der Waals surface area contributed by atoms with Crippen LogP contribution in [0.15, 0.2) is 12.2 Å². The van der Waals surface area contributed by atoms with Gasteiger partial charge in [-0.25, -0.2) is 9.78 Å². The van der Waals surface area contributed by atoms with Crippen LogP contribution in [0.1, 0.15) is 66.2 Å². The SMILES string of the molecule is CC/C=C/[C@H](CC)C[C@@]1(C)C[C@@H](CC)[C@H](CC(=O)OC)OO1. The molecule has 0 amide bonds. The maximum Gasteiger partial charge on any atom is 0.308 e. The molecule has 0 radical (unpaired) electrons. The minimum Gasteiger partial charge on any atom is -0.469 e. The van der Waals surface area contributed by atoms with E-state index in [0.29, 0.717) is 11.8 Å². The molecule has 1 saturated heterocycles.